The number of carboxylic acids is 1. The molecule has 0 aliphatic heterocycles. The van der Waals surface area contributed by atoms with Gasteiger partial charge in [0.05, 0.1) is 0 Å². The maximum Gasteiger partial charge on any atom is 0.408 e. The van der Waals surface area contributed by atoms with Gasteiger partial charge in [0, 0.05) is 13.1 Å². The highest BCUT2D eigenvalue weighted by Gasteiger charge is 2.26. The fourth-order valence-electron chi connectivity index (χ4n) is 0.948. The molecule has 6 N–H and O–H groups in total. The molecular weight excluding hydrogens is 250 g/mol. The van der Waals surface area contributed by atoms with Crippen molar-refractivity contribution in [2.45, 2.75) is 46.3 Å². The molecular formula is C12H27N3O4. The lowest BCUT2D eigenvalue weighted by Gasteiger charge is -2.23. The van der Waals surface area contributed by atoms with E-state index in [1.54, 1.807) is 34.6 Å². The second-order valence-corrected chi connectivity index (χ2v) is 5.28. The highest BCUT2D eigenvalue weighted by molar-refractivity contribution is 5.80. The number of carbonyl (C=O) groups is 2. The number of hydrogen-bond donors (Lipinski definition) is 4. The fraction of sp³-hybridized carbons (Fsp3) is 0.833. The molecule has 0 saturated heterocycles. The average molecular weight is 277 g/mol. The van der Waals surface area contributed by atoms with Gasteiger partial charge in [-0.05, 0) is 26.7 Å². The second-order valence-electron chi connectivity index (χ2n) is 5.28. The third kappa shape index (κ3) is 12.9. The van der Waals surface area contributed by atoms with E-state index in [-0.39, 0.29) is 5.92 Å². The molecule has 7 heteroatoms. The van der Waals surface area contributed by atoms with E-state index >= 15 is 0 Å². The quantitative estimate of drug-likeness (QED) is 0.593. The van der Waals surface area contributed by atoms with Crippen LogP contribution >= 0.6 is 0 Å². The summed E-state index contributed by atoms with van der Waals surface area (Å²) < 4.78 is 4.96. The lowest BCUT2D eigenvalue weighted by atomic mass is 10.1. The molecule has 0 rings (SSSR count). The molecule has 0 aliphatic carbocycles. The molecule has 0 bridgehead atoms. The van der Waals surface area contributed by atoms with Crippen LogP contribution in [0.2, 0.25) is 0 Å². The normalized spacial score (nSPS) is 12.2. The minimum absolute atomic E-state index is 0.185. The zero-order chi connectivity index (χ0) is 15.6. The molecule has 0 aromatic heterocycles. The largest absolute Gasteiger partial charge is 0.480 e. The van der Waals surface area contributed by atoms with E-state index in [0.29, 0.717) is 13.1 Å². The van der Waals surface area contributed by atoms with Crippen LogP contribution in [0.5, 0.6) is 0 Å². The molecule has 19 heavy (non-hydrogen) atoms. The van der Waals surface area contributed by atoms with Crippen molar-refractivity contribution < 1.29 is 19.4 Å². The number of carbonyl (C=O) groups excluding carboxylic acids is 1. The Kier molecular flexibility index (Phi) is 10.1. The number of hydrogen-bond acceptors (Lipinski definition) is 5. The average Bonchev–Trinajstić information content (AvgIpc) is 2.23. The lowest BCUT2D eigenvalue weighted by Crippen LogP contribution is -2.46. The van der Waals surface area contributed by atoms with Crippen molar-refractivity contribution in [3.05, 3.63) is 0 Å². The molecule has 1 amide bonds. The predicted molar refractivity (Wildman–Crippen MR) is 73.7 cm³/mol. The second kappa shape index (κ2) is 9.57. The van der Waals surface area contributed by atoms with Crippen molar-refractivity contribution in [3.8, 4) is 0 Å². The highest BCUT2D eigenvalue weighted by atomic mass is 16.6. The molecule has 0 spiro atoms. The Morgan fingerprint density at radius 2 is 1.63 bits per heavy atom. The lowest BCUT2D eigenvalue weighted by molar-refractivity contribution is -0.140. The first-order valence-corrected chi connectivity index (χ1v) is 6.17. The van der Waals surface area contributed by atoms with Gasteiger partial charge in [0.25, 0.3) is 0 Å². The van der Waals surface area contributed by atoms with Crippen LogP contribution in [0.15, 0.2) is 0 Å². The van der Waals surface area contributed by atoms with Crippen molar-refractivity contribution in [1.29, 1.82) is 0 Å². The van der Waals surface area contributed by atoms with Gasteiger partial charge in [-0.3, -0.25) is 0 Å². The SMILES string of the molecule is CC(C)C(NC(=O)OC(C)(C)C)C(=O)O.NCCN. The first kappa shape index (κ1) is 20.0. The van der Waals surface area contributed by atoms with Gasteiger partial charge in [0.2, 0.25) is 0 Å². The van der Waals surface area contributed by atoms with E-state index in [0.717, 1.165) is 0 Å². The number of nitrogens with two attached hydrogens (primary N) is 2. The van der Waals surface area contributed by atoms with Crippen molar-refractivity contribution in [2.24, 2.45) is 17.4 Å². The minimum Gasteiger partial charge on any atom is -0.480 e. The number of carboxylic acid groups (broad SMARTS) is 1. The number of ether oxygens (including phenoxy) is 1. The van der Waals surface area contributed by atoms with Gasteiger partial charge >= 0.3 is 12.1 Å². The maximum absolute atomic E-state index is 11.3. The molecule has 0 radical (unpaired) electrons. The van der Waals surface area contributed by atoms with Gasteiger partial charge in [0.15, 0.2) is 0 Å². The van der Waals surface area contributed by atoms with E-state index in [1.165, 1.54) is 0 Å². The van der Waals surface area contributed by atoms with Crippen LogP contribution in [-0.4, -0.2) is 41.9 Å². The summed E-state index contributed by atoms with van der Waals surface area (Å²) in [6.07, 6.45) is -0.705. The molecule has 0 saturated carbocycles. The van der Waals surface area contributed by atoms with Gasteiger partial charge in [-0.1, -0.05) is 13.8 Å². The Labute approximate surface area is 114 Å². The van der Waals surface area contributed by atoms with Crippen LogP contribution < -0.4 is 16.8 Å². The molecule has 0 aliphatic rings. The first-order chi connectivity index (χ1) is 8.55. The van der Waals surface area contributed by atoms with Crippen LogP contribution in [-0.2, 0) is 9.53 Å². The summed E-state index contributed by atoms with van der Waals surface area (Å²) in [5.74, 6) is -1.24. The molecule has 0 heterocycles. The third-order valence-electron chi connectivity index (χ3n) is 1.77. The number of alkyl carbamates (subject to hydrolysis) is 1. The Bertz CT molecular complexity index is 273. The molecule has 114 valence electrons. The Hall–Kier alpha value is -1.34. The van der Waals surface area contributed by atoms with Crippen LogP contribution in [0.1, 0.15) is 34.6 Å². The molecule has 7 nitrogen and oxygen atoms in total. The van der Waals surface area contributed by atoms with Crippen molar-refractivity contribution in [2.75, 3.05) is 13.1 Å². The molecule has 1 atom stereocenters. The van der Waals surface area contributed by atoms with Gasteiger partial charge in [0.1, 0.15) is 11.6 Å². The van der Waals surface area contributed by atoms with E-state index in [9.17, 15) is 9.59 Å². The van der Waals surface area contributed by atoms with Gasteiger partial charge < -0.3 is 26.6 Å². The van der Waals surface area contributed by atoms with Gasteiger partial charge in [-0.15, -0.1) is 0 Å². The number of amides is 1. The highest BCUT2D eigenvalue weighted by Crippen LogP contribution is 2.08. The van der Waals surface area contributed by atoms with Crippen LogP contribution in [0.3, 0.4) is 0 Å². The van der Waals surface area contributed by atoms with Crippen molar-refractivity contribution in [3.63, 3.8) is 0 Å². The topological polar surface area (TPSA) is 128 Å². The van der Waals surface area contributed by atoms with E-state index < -0.39 is 23.7 Å². The summed E-state index contributed by atoms with van der Waals surface area (Å²) in [6.45, 7) is 9.79. The molecule has 1 unspecified atom stereocenters. The summed E-state index contributed by atoms with van der Waals surface area (Å²) in [4.78, 5) is 22.1. The van der Waals surface area contributed by atoms with Crippen LogP contribution in [0.4, 0.5) is 4.79 Å². The zero-order valence-corrected chi connectivity index (χ0v) is 12.4. The van der Waals surface area contributed by atoms with E-state index in [2.05, 4.69) is 5.32 Å². The van der Waals surface area contributed by atoms with Gasteiger partial charge in [-0.25, -0.2) is 9.59 Å². The van der Waals surface area contributed by atoms with Crippen molar-refractivity contribution in [1.82, 2.24) is 5.32 Å². The van der Waals surface area contributed by atoms with Crippen molar-refractivity contribution >= 4 is 12.1 Å². The number of rotatable bonds is 4. The summed E-state index contributed by atoms with van der Waals surface area (Å²) >= 11 is 0. The minimum atomic E-state index is -1.06. The number of aliphatic carboxylic acids is 1. The maximum atomic E-state index is 11.3. The van der Waals surface area contributed by atoms with Crippen LogP contribution in [0.25, 0.3) is 0 Å². The summed E-state index contributed by atoms with van der Waals surface area (Å²) in [5.41, 5.74) is 9.18. The Morgan fingerprint density at radius 3 is 1.84 bits per heavy atom. The Balaban J connectivity index is 0. The summed E-state index contributed by atoms with van der Waals surface area (Å²) in [7, 11) is 0. The smallest absolute Gasteiger partial charge is 0.408 e. The van der Waals surface area contributed by atoms with E-state index in [1.807, 2.05) is 0 Å². The fourth-order valence-corrected chi connectivity index (χ4v) is 0.948. The third-order valence-corrected chi connectivity index (χ3v) is 1.77. The number of nitrogens with one attached hydrogen (secondary N) is 1. The van der Waals surface area contributed by atoms with Gasteiger partial charge in [-0.2, -0.15) is 0 Å². The summed E-state index contributed by atoms with van der Waals surface area (Å²) in [6, 6.07) is -0.917. The molecule has 0 aromatic carbocycles. The molecule has 0 fully saturated rings. The Morgan fingerprint density at radius 1 is 1.21 bits per heavy atom. The monoisotopic (exact) mass is 277 g/mol. The summed E-state index contributed by atoms with van der Waals surface area (Å²) in [5, 5.41) is 11.1. The predicted octanol–water partition coefficient (Wildman–Crippen LogP) is 0.524. The zero-order valence-electron chi connectivity index (χ0n) is 12.4. The molecule has 0 aromatic rings. The first-order valence-electron chi connectivity index (χ1n) is 6.17. The van der Waals surface area contributed by atoms with Crippen LogP contribution in [0, 0.1) is 5.92 Å². The van der Waals surface area contributed by atoms with E-state index in [4.69, 9.17) is 21.3 Å². The standard InChI is InChI=1S/C10H19NO4.C2H8N2/c1-6(2)7(8(12)13)11-9(14)15-10(3,4)5;3-1-2-4/h6-7H,1-5H3,(H,11,14)(H,12,13);1-4H2.